The zero-order valence-corrected chi connectivity index (χ0v) is 17.8. The molecule has 5 heterocycles. The zero-order chi connectivity index (χ0) is 20.1. The second-order valence-electron chi connectivity index (χ2n) is 7.93. The summed E-state index contributed by atoms with van der Waals surface area (Å²) in [6.45, 7) is 0. The molecule has 8 aromatic rings. The van der Waals surface area contributed by atoms with Gasteiger partial charge in [-0.15, -0.1) is 22.7 Å². The Bertz CT molecular complexity index is 2010. The molecule has 3 nitrogen and oxygen atoms in total. The van der Waals surface area contributed by atoms with Crippen molar-refractivity contribution in [2.45, 2.75) is 0 Å². The Morgan fingerprint density at radius 2 is 1.32 bits per heavy atom. The van der Waals surface area contributed by atoms with Gasteiger partial charge in [-0.05, 0) is 42.5 Å². The second kappa shape index (κ2) is 5.58. The Morgan fingerprint density at radius 3 is 2.26 bits per heavy atom. The normalized spacial score (nSPS) is 12.5. The van der Waals surface area contributed by atoms with Crippen molar-refractivity contribution in [1.29, 1.82) is 0 Å². The largest absolute Gasteiger partial charge is 0.299 e. The molecule has 0 saturated heterocycles. The summed E-state index contributed by atoms with van der Waals surface area (Å²) in [6, 6.07) is 22.2. The molecule has 0 fully saturated rings. The van der Waals surface area contributed by atoms with Crippen molar-refractivity contribution in [1.82, 2.24) is 14.4 Å². The minimum absolute atomic E-state index is 0.961. The third-order valence-corrected chi connectivity index (χ3v) is 8.54. The number of thiophene rings is 2. The van der Waals surface area contributed by atoms with Gasteiger partial charge in [0.05, 0.1) is 11.0 Å². The van der Waals surface area contributed by atoms with Gasteiger partial charge in [-0.2, -0.15) is 0 Å². The first-order chi connectivity index (χ1) is 15.3. The van der Waals surface area contributed by atoms with E-state index in [1.54, 1.807) is 0 Å². The first kappa shape index (κ1) is 16.2. The Hall–Kier alpha value is -3.54. The standard InChI is InChI=1S/C26H13N3S2/c1-2-6-21-14(4-1)17-11-23-18(12-22(17)30-21)16-10-19-20(13-24(16)31-23)29-9-8-28-26(29)15-5-3-7-27-25(15)19/h1-13H. The maximum absolute atomic E-state index is 4.74. The number of imidazole rings is 1. The molecule has 0 radical (unpaired) electrons. The maximum Gasteiger partial charge on any atom is 0.146 e. The average Bonchev–Trinajstić information content (AvgIpc) is 3.51. The lowest BCUT2D eigenvalue weighted by atomic mass is 10.1. The molecule has 0 amide bonds. The number of hydrogen-bond acceptors (Lipinski definition) is 4. The third-order valence-electron chi connectivity index (χ3n) is 6.29. The lowest BCUT2D eigenvalue weighted by molar-refractivity contribution is 1.27. The zero-order valence-electron chi connectivity index (χ0n) is 16.2. The molecule has 0 aliphatic carbocycles. The summed E-state index contributed by atoms with van der Waals surface area (Å²) in [6.07, 6.45) is 5.79. The van der Waals surface area contributed by atoms with Crippen LogP contribution in [0.25, 0.3) is 67.8 Å². The minimum Gasteiger partial charge on any atom is -0.299 e. The van der Waals surface area contributed by atoms with Crippen LogP contribution in [0.2, 0.25) is 0 Å². The van der Waals surface area contributed by atoms with Crippen molar-refractivity contribution in [3.05, 3.63) is 79.3 Å². The van der Waals surface area contributed by atoms with Crippen LogP contribution in [0.4, 0.5) is 0 Å². The molecule has 144 valence electrons. The van der Waals surface area contributed by atoms with Gasteiger partial charge in [-0.3, -0.25) is 9.38 Å². The number of pyridine rings is 2. The molecular formula is C26H13N3S2. The number of aromatic nitrogens is 3. The first-order valence-electron chi connectivity index (χ1n) is 10.2. The molecule has 5 aromatic heterocycles. The first-order valence-corrected chi connectivity index (χ1v) is 11.8. The van der Waals surface area contributed by atoms with Crippen LogP contribution in [0, 0.1) is 0 Å². The van der Waals surface area contributed by atoms with Crippen LogP contribution in [0.15, 0.2) is 79.3 Å². The van der Waals surface area contributed by atoms with Gasteiger partial charge in [0.25, 0.3) is 0 Å². The van der Waals surface area contributed by atoms with Crippen LogP contribution in [-0.2, 0) is 0 Å². The fraction of sp³-hybridized carbons (Fsp3) is 0. The molecule has 31 heavy (non-hydrogen) atoms. The Morgan fingerprint density at radius 1 is 0.581 bits per heavy atom. The highest BCUT2D eigenvalue weighted by atomic mass is 32.1. The quantitative estimate of drug-likeness (QED) is 0.230. The number of benzene rings is 3. The van der Waals surface area contributed by atoms with Crippen molar-refractivity contribution in [3.8, 4) is 0 Å². The van der Waals surface area contributed by atoms with Crippen LogP contribution in [0.5, 0.6) is 0 Å². The topological polar surface area (TPSA) is 30.2 Å². The van der Waals surface area contributed by atoms with Crippen molar-refractivity contribution in [3.63, 3.8) is 0 Å². The van der Waals surface area contributed by atoms with E-state index in [9.17, 15) is 0 Å². The molecule has 0 spiro atoms. The van der Waals surface area contributed by atoms with E-state index in [2.05, 4.69) is 64.0 Å². The van der Waals surface area contributed by atoms with Crippen LogP contribution >= 0.6 is 22.7 Å². The van der Waals surface area contributed by atoms with E-state index in [-0.39, 0.29) is 0 Å². The highest BCUT2D eigenvalue weighted by molar-refractivity contribution is 7.27. The van der Waals surface area contributed by atoms with Crippen molar-refractivity contribution in [2.75, 3.05) is 0 Å². The van der Waals surface area contributed by atoms with Crippen molar-refractivity contribution < 1.29 is 0 Å². The Kier molecular flexibility index (Phi) is 2.91. The van der Waals surface area contributed by atoms with E-state index in [4.69, 9.17) is 4.98 Å². The average molecular weight is 432 g/mol. The monoisotopic (exact) mass is 431 g/mol. The minimum atomic E-state index is 0.961. The van der Waals surface area contributed by atoms with E-state index < -0.39 is 0 Å². The number of hydrogen-bond donors (Lipinski definition) is 0. The predicted octanol–water partition coefficient (Wildman–Crippen LogP) is 7.77. The van der Waals surface area contributed by atoms with E-state index in [0.29, 0.717) is 0 Å². The smallest absolute Gasteiger partial charge is 0.146 e. The van der Waals surface area contributed by atoms with Crippen molar-refractivity contribution >= 4 is 90.5 Å². The number of nitrogens with zero attached hydrogens (tertiary/aromatic N) is 3. The summed E-state index contributed by atoms with van der Waals surface area (Å²) in [7, 11) is 0. The molecule has 8 rings (SSSR count). The van der Waals surface area contributed by atoms with Gasteiger partial charge in [-0.25, -0.2) is 4.98 Å². The van der Waals surface area contributed by atoms with E-state index in [0.717, 1.165) is 22.1 Å². The van der Waals surface area contributed by atoms with E-state index in [1.165, 1.54) is 45.7 Å². The molecule has 3 aromatic carbocycles. The molecule has 5 heteroatoms. The summed E-state index contributed by atoms with van der Waals surface area (Å²) in [5, 5.41) is 7.60. The Balaban J connectivity index is 1.58. The SMILES string of the molecule is c1ccc2c(c1)sc1cc3c(cc12)sc1cc2c(cc13)c1ncccc1c1nccn21. The molecule has 0 aliphatic rings. The van der Waals surface area contributed by atoms with Crippen LogP contribution in [0.1, 0.15) is 0 Å². The molecule has 0 aliphatic heterocycles. The van der Waals surface area contributed by atoms with Gasteiger partial charge in [-0.1, -0.05) is 18.2 Å². The van der Waals surface area contributed by atoms with Gasteiger partial charge < -0.3 is 0 Å². The molecule has 0 N–H and O–H groups in total. The summed E-state index contributed by atoms with van der Waals surface area (Å²) >= 11 is 3.75. The van der Waals surface area contributed by atoms with Crippen LogP contribution in [-0.4, -0.2) is 14.4 Å². The summed E-state index contributed by atoms with van der Waals surface area (Å²) in [5.41, 5.74) is 3.13. The third kappa shape index (κ3) is 2.02. The molecule has 0 unspecified atom stereocenters. The fourth-order valence-corrected chi connectivity index (χ4v) is 7.18. The molecule has 0 saturated carbocycles. The maximum atomic E-state index is 4.74. The second-order valence-corrected chi connectivity index (χ2v) is 10.1. The van der Waals surface area contributed by atoms with Crippen LogP contribution in [0.3, 0.4) is 0 Å². The predicted molar refractivity (Wildman–Crippen MR) is 134 cm³/mol. The lowest BCUT2D eigenvalue weighted by Gasteiger charge is -2.07. The van der Waals surface area contributed by atoms with Gasteiger partial charge in [0, 0.05) is 69.7 Å². The summed E-state index contributed by atoms with van der Waals surface area (Å²) in [5.74, 6) is 0. The number of fused-ring (bicyclic) bond motifs is 12. The molecular weight excluding hydrogens is 418 g/mol. The molecule has 0 bridgehead atoms. The van der Waals surface area contributed by atoms with E-state index in [1.807, 2.05) is 47.3 Å². The highest BCUT2D eigenvalue weighted by Crippen LogP contribution is 2.43. The van der Waals surface area contributed by atoms with E-state index >= 15 is 0 Å². The van der Waals surface area contributed by atoms with Gasteiger partial charge in [0.1, 0.15) is 5.65 Å². The molecule has 0 atom stereocenters. The van der Waals surface area contributed by atoms with Gasteiger partial charge in [0.2, 0.25) is 0 Å². The number of rotatable bonds is 0. The Labute approximate surface area is 183 Å². The summed E-state index contributed by atoms with van der Waals surface area (Å²) in [4.78, 5) is 9.35. The van der Waals surface area contributed by atoms with Crippen LogP contribution < -0.4 is 0 Å². The summed E-state index contributed by atoms with van der Waals surface area (Å²) < 4.78 is 7.52. The highest BCUT2D eigenvalue weighted by Gasteiger charge is 2.15. The fourth-order valence-electron chi connectivity index (χ4n) is 4.92. The van der Waals surface area contributed by atoms with Gasteiger partial charge >= 0.3 is 0 Å². The lowest BCUT2D eigenvalue weighted by Crippen LogP contribution is -1.91. The van der Waals surface area contributed by atoms with Crippen molar-refractivity contribution in [2.24, 2.45) is 0 Å². The van der Waals surface area contributed by atoms with Gasteiger partial charge in [0.15, 0.2) is 0 Å².